The molecule has 0 heterocycles. The van der Waals surface area contributed by atoms with Crippen LogP contribution in [0.2, 0.25) is 0 Å². The zero-order valence-corrected chi connectivity index (χ0v) is 8.53. The van der Waals surface area contributed by atoms with Crippen molar-refractivity contribution in [3.63, 3.8) is 0 Å². The number of amides is 1. The van der Waals surface area contributed by atoms with Gasteiger partial charge in [-0.25, -0.2) is 0 Å². The summed E-state index contributed by atoms with van der Waals surface area (Å²) in [5.74, 6) is 0.788. The lowest BCUT2D eigenvalue weighted by Gasteiger charge is -2.03. The summed E-state index contributed by atoms with van der Waals surface area (Å²) in [5, 5.41) is 11.4. The Hall–Kier alpha value is -1.82. The van der Waals surface area contributed by atoms with Gasteiger partial charge >= 0.3 is 0 Å². The SMILES string of the molecule is C[C@@H]1C[C@H]1C(=O)Nc1ccc(C#N)cc1. The quantitative estimate of drug-likeness (QED) is 0.795. The van der Waals surface area contributed by atoms with Crippen molar-refractivity contribution in [2.24, 2.45) is 11.8 Å². The third-order valence-electron chi connectivity index (χ3n) is 2.73. The van der Waals surface area contributed by atoms with Crippen LogP contribution in [0.25, 0.3) is 0 Å². The van der Waals surface area contributed by atoms with Crippen LogP contribution in [0.15, 0.2) is 24.3 Å². The molecular formula is C12H12N2O. The van der Waals surface area contributed by atoms with Crippen LogP contribution in [0.5, 0.6) is 0 Å². The van der Waals surface area contributed by atoms with E-state index >= 15 is 0 Å². The number of nitrogens with one attached hydrogen (secondary N) is 1. The molecule has 2 atom stereocenters. The molecule has 0 aliphatic heterocycles. The van der Waals surface area contributed by atoms with Crippen molar-refractivity contribution < 1.29 is 4.79 Å². The van der Waals surface area contributed by atoms with Crippen LogP contribution in [0.4, 0.5) is 5.69 Å². The minimum Gasteiger partial charge on any atom is -0.326 e. The number of nitriles is 1. The lowest BCUT2D eigenvalue weighted by atomic mass is 10.2. The first-order chi connectivity index (χ1) is 7.20. The number of carbonyl (C=O) groups excluding carboxylic acids is 1. The third kappa shape index (κ3) is 2.16. The molecule has 1 N–H and O–H groups in total. The molecule has 0 aromatic heterocycles. The molecule has 76 valence electrons. The van der Waals surface area contributed by atoms with Gasteiger partial charge in [-0.3, -0.25) is 4.79 Å². The van der Waals surface area contributed by atoms with Crippen molar-refractivity contribution in [3.05, 3.63) is 29.8 Å². The molecule has 2 rings (SSSR count). The van der Waals surface area contributed by atoms with E-state index in [1.807, 2.05) is 6.07 Å². The fourth-order valence-electron chi connectivity index (χ4n) is 1.55. The maximum Gasteiger partial charge on any atom is 0.227 e. The van der Waals surface area contributed by atoms with E-state index in [9.17, 15) is 4.79 Å². The summed E-state index contributed by atoms with van der Waals surface area (Å²) in [4.78, 5) is 11.6. The fourth-order valence-corrected chi connectivity index (χ4v) is 1.55. The standard InChI is InChI=1S/C12H12N2O/c1-8-6-11(8)12(15)14-10-4-2-9(7-13)3-5-10/h2-5,8,11H,6H2,1H3,(H,14,15)/t8-,11-/m1/s1. The van der Waals surface area contributed by atoms with Crippen molar-refractivity contribution in [3.8, 4) is 6.07 Å². The van der Waals surface area contributed by atoms with Gasteiger partial charge in [0.25, 0.3) is 0 Å². The van der Waals surface area contributed by atoms with Crippen LogP contribution in [0, 0.1) is 23.2 Å². The zero-order chi connectivity index (χ0) is 10.8. The molecule has 1 aliphatic carbocycles. The average molecular weight is 200 g/mol. The Morgan fingerprint density at radius 1 is 1.47 bits per heavy atom. The molecule has 0 bridgehead atoms. The number of benzene rings is 1. The van der Waals surface area contributed by atoms with Crippen molar-refractivity contribution in [2.75, 3.05) is 5.32 Å². The minimum atomic E-state index is 0.0900. The second kappa shape index (κ2) is 3.74. The van der Waals surface area contributed by atoms with E-state index in [1.165, 1.54) is 0 Å². The van der Waals surface area contributed by atoms with Crippen LogP contribution < -0.4 is 5.32 Å². The third-order valence-corrected chi connectivity index (χ3v) is 2.73. The van der Waals surface area contributed by atoms with Gasteiger partial charge in [0.15, 0.2) is 0 Å². The van der Waals surface area contributed by atoms with E-state index in [4.69, 9.17) is 5.26 Å². The monoisotopic (exact) mass is 200 g/mol. The van der Waals surface area contributed by atoms with Crippen LogP contribution in [0.1, 0.15) is 18.9 Å². The van der Waals surface area contributed by atoms with Gasteiger partial charge in [0.05, 0.1) is 11.6 Å². The van der Waals surface area contributed by atoms with Gasteiger partial charge < -0.3 is 5.32 Å². The van der Waals surface area contributed by atoms with E-state index in [0.29, 0.717) is 11.5 Å². The van der Waals surface area contributed by atoms with Crippen molar-refractivity contribution in [1.29, 1.82) is 5.26 Å². The Morgan fingerprint density at radius 3 is 2.53 bits per heavy atom. The van der Waals surface area contributed by atoms with Crippen LogP contribution in [0.3, 0.4) is 0 Å². The lowest BCUT2D eigenvalue weighted by Crippen LogP contribution is -2.14. The van der Waals surface area contributed by atoms with Gasteiger partial charge in [-0.05, 0) is 36.6 Å². The second-order valence-corrected chi connectivity index (χ2v) is 4.00. The minimum absolute atomic E-state index is 0.0900. The summed E-state index contributed by atoms with van der Waals surface area (Å²) in [6.45, 7) is 2.07. The Kier molecular flexibility index (Phi) is 2.42. The Labute approximate surface area is 88.7 Å². The second-order valence-electron chi connectivity index (χ2n) is 4.00. The van der Waals surface area contributed by atoms with E-state index in [-0.39, 0.29) is 11.8 Å². The molecule has 1 saturated carbocycles. The molecule has 1 fully saturated rings. The molecule has 3 nitrogen and oxygen atoms in total. The van der Waals surface area contributed by atoms with E-state index in [0.717, 1.165) is 12.1 Å². The molecule has 1 aromatic rings. The molecule has 0 spiro atoms. The van der Waals surface area contributed by atoms with Gasteiger partial charge in [0, 0.05) is 11.6 Å². The Balaban J connectivity index is 1.99. The zero-order valence-electron chi connectivity index (χ0n) is 8.53. The van der Waals surface area contributed by atoms with Crippen LogP contribution in [-0.4, -0.2) is 5.91 Å². The maximum atomic E-state index is 11.6. The molecule has 1 amide bonds. The fraction of sp³-hybridized carbons (Fsp3) is 0.333. The Morgan fingerprint density at radius 2 is 2.07 bits per heavy atom. The summed E-state index contributed by atoms with van der Waals surface area (Å²) in [6.07, 6.45) is 0.988. The smallest absolute Gasteiger partial charge is 0.227 e. The predicted molar refractivity (Wildman–Crippen MR) is 57.1 cm³/mol. The number of anilines is 1. The van der Waals surface area contributed by atoms with Crippen molar-refractivity contribution in [2.45, 2.75) is 13.3 Å². The van der Waals surface area contributed by atoms with E-state index < -0.39 is 0 Å². The average Bonchev–Trinajstić information content (AvgIpc) is 2.97. The van der Waals surface area contributed by atoms with Crippen LogP contribution in [-0.2, 0) is 4.79 Å². The molecule has 15 heavy (non-hydrogen) atoms. The molecular weight excluding hydrogens is 188 g/mol. The predicted octanol–water partition coefficient (Wildman–Crippen LogP) is 2.15. The Bertz CT molecular complexity index is 416. The largest absolute Gasteiger partial charge is 0.326 e. The molecule has 1 aromatic carbocycles. The lowest BCUT2D eigenvalue weighted by molar-refractivity contribution is -0.117. The highest BCUT2D eigenvalue weighted by atomic mass is 16.2. The first kappa shape index (κ1) is 9.72. The van der Waals surface area contributed by atoms with Gasteiger partial charge in [-0.1, -0.05) is 6.92 Å². The summed E-state index contributed by atoms with van der Waals surface area (Å²) >= 11 is 0. The maximum absolute atomic E-state index is 11.6. The van der Waals surface area contributed by atoms with Crippen molar-refractivity contribution in [1.82, 2.24) is 0 Å². The van der Waals surface area contributed by atoms with Gasteiger partial charge in [-0.2, -0.15) is 5.26 Å². The van der Waals surface area contributed by atoms with Gasteiger partial charge in [0.1, 0.15) is 0 Å². The number of carbonyl (C=O) groups is 1. The highest BCUT2D eigenvalue weighted by Gasteiger charge is 2.38. The number of rotatable bonds is 2. The van der Waals surface area contributed by atoms with Gasteiger partial charge in [0.2, 0.25) is 5.91 Å². The molecule has 0 radical (unpaired) electrons. The van der Waals surface area contributed by atoms with E-state index in [1.54, 1.807) is 24.3 Å². The highest BCUT2D eigenvalue weighted by molar-refractivity contribution is 5.94. The van der Waals surface area contributed by atoms with Gasteiger partial charge in [-0.15, -0.1) is 0 Å². The highest BCUT2D eigenvalue weighted by Crippen LogP contribution is 2.38. The van der Waals surface area contributed by atoms with E-state index in [2.05, 4.69) is 12.2 Å². The molecule has 1 aliphatic rings. The summed E-state index contributed by atoms with van der Waals surface area (Å²) < 4.78 is 0. The topological polar surface area (TPSA) is 52.9 Å². The van der Waals surface area contributed by atoms with Crippen molar-refractivity contribution >= 4 is 11.6 Å². The summed E-state index contributed by atoms with van der Waals surface area (Å²) in [7, 11) is 0. The molecule has 0 saturated heterocycles. The first-order valence-electron chi connectivity index (χ1n) is 5.01. The van der Waals surface area contributed by atoms with Crippen LogP contribution >= 0.6 is 0 Å². The number of hydrogen-bond donors (Lipinski definition) is 1. The normalized spacial score (nSPS) is 22.9. The first-order valence-corrected chi connectivity index (χ1v) is 5.01. The summed E-state index contributed by atoms with van der Waals surface area (Å²) in [6, 6.07) is 8.94. The number of nitrogens with zero attached hydrogens (tertiary/aromatic N) is 1. The molecule has 0 unspecified atom stereocenters. The number of hydrogen-bond acceptors (Lipinski definition) is 2. The molecule has 3 heteroatoms. The summed E-state index contributed by atoms with van der Waals surface area (Å²) in [5.41, 5.74) is 1.37.